The predicted octanol–water partition coefficient (Wildman–Crippen LogP) is 3.12. The SMILES string of the molecule is O=C(O)C(Cc1ccc(Br)cc1)CC1CCOC1. The highest BCUT2D eigenvalue weighted by Gasteiger charge is 2.25. The van der Waals surface area contributed by atoms with Crippen LogP contribution in [-0.4, -0.2) is 24.3 Å². The van der Waals surface area contributed by atoms with E-state index in [2.05, 4.69) is 15.9 Å². The normalized spacial score (nSPS) is 20.8. The van der Waals surface area contributed by atoms with Crippen LogP contribution < -0.4 is 0 Å². The highest BCUT2D eigenvalue weighted by atomic mass is 79.9. The first kappa shape index (κ1) is 13.6. The monoisotopic (exact) mass is 312 g/mol. The van der Waals surface area contributed by atoms with E-state index in [1.54, 1.807) is 0 Å². The number of carboxylic acids is 1. The summed E-state index contributed by atoms with van der Waals surface area (Å²) >= 11 is 3.38. The first-order chi connectivity index (χ1) is 8.65. The second-order valence-electron chi connectivity index (χ2n) is 4.83. The molecule has 1 aliphatic heterocycles. The van der Waals surface area contributed by atoms with Crippen LogP contribution >= 0.6 is 15.9 Å². The molecule has 1 aromatic carbocycles. The number of carbonyl (C=O) groups is 1. The van der Waals surface area contributed by atoms with E-state index >= 15 is 0 Å². The Balaban J connectivity index is 1.97. The first-order valence-electron chi connectivity index (χ1n) is 6.20. The van der Waals surface area contributed by atoms with E-state index in [4.69, 9.17) is 4.74 Å². The molecule has 98 valence electrons. The summed E-state index contributed by atoms with van der Waals surface area (Å²) in [6.07, 6.45) is 2.30. The standard InChI is InChI=1S/C14H17BrO3/c15-13-3-1-10(2-4-13)7-12(14(16)17)8-11-5-6-18-9-11/h1-4,11-12H,5-9H2,(H,16,17). The zero-order chi connectivity index (χ0) is 13.0. The van der Waals surface area contributed by atoms with Crippen molar-refractivity contribution < 1.29 is 14.6 Å². The molecule has 0 radical (unpaired) electrons. The van der Waals surface area contributed by atoms with Gasteiger partial charge in [-0.25, -0.2) is 0 Å². The molecule has 0 amide bonds. The number of hydrogen-bond donors (Lipinski definition) is 1. The fourth-order valence-corrected chi connectivity index (χ4v) is 2.61. The summed E-state index contributed by atoms with van der Waals surface area (Å²) in [6, 6.07) is 7.86. The van der Waals surface area contributed by atoms with Gasteiger partial charge in [0.15, 0.2) is 0 Å². The second-order valence-corrected chi connectivity index (χ2v) is 5.75. The van der Waals surface area contributed by atoms with Gasteiger partial charge in [0, 0.05) is 17.7 Å². The van der Waals surface area contributed by atoms with E-state index in [9.17, 15) is 9.90 Å². The summed E-state index contributed by atoms with van der Waals surface area (Å²) in [6.45, 7) is 1.49. The van der Waals surface area contributed by atoms with E-state index in [-0.39, 0.29) is 5.92 Å². The Morgan fingerprint density at radius 3 is 2.72 bits per heavy atom. The third-order valence-electron chi connectivity index (χ3n) is 3.39. The minimum atomic E-state index is -0.704. The van der Waals surface area contributed by atoms with Crippen LogP contribution in [0.4, 0.5) is 0 Å². The Bertz CT molecular complexity index is 396. The minimum Gasteiger partial charge on any atom is -0.481 e. The molecule has 1 fully saturated rings. The molecule has 1 heterocycles. The van der Waals surface area contributed by atoms with E-state index < -0.39 is 5.97 Å². The molecule has 1 aromatic rings. The molecule has 1 aliphatic rings. The molecule has 2 atom stereocenters. The highest BCUT2D eigenvalue weighted by molar-refractivity contribution is 9.10. The topological polar surface area (TPSA) is 46.5 Å². The maximum atomic E-state index is 11.3. The molecule has 18 heavy (non-hydrogen) atoms. The molecule has 4 heteroatoms. The maximum absolute atomic E-state index is 11.3. The van der Waals surface area contributed by atoms with Crippen LogP contribution in [-0.2, 0) is 16.0 Å². The minimum absolute atomic E-state index is 0.308. The van der Waals surface area contributed by atoms with Crippen LogP contribution in [0.2, 0.25) is 0 Å². The summed E-state index contributed by atoms with van der Waals surface area (Å²) in [5, 5.41) is 9.30. The zero-order valence-corrected chi connectivity index (χ0v) is 11.7. The fraction of sp³-hybridized carbons (Fsp3) is 0.500. The van der Waals surface area contributed by atoms with Crippen molar-refractivity contribution in [1.29, 1.82) is 0 Å². The van der Waals surface area contributed by atoms with Gasteiger partial charge in [0.1, 0.15) is 0 Å². The van der Waals surface area contributed by atoms with Crippen LogP contribution in [0.25, 0.3) is 0 Å². The zero-order valence-electron chi connectivity index (χ0n) is 10.1. The summed E-state index contributed by atoms with van der Waals surface area (Å²) in [4.78, 5) is 11.3. The lowest BCUT2D eigenvalue weighted by Crippen LogP contribution is -2.20. The van der Waals surface area contributed by atoms with Crippen molar-refractivity contribution in [2.45, 2.75) is 19.3 Å². The molecule has 0 aliphatic carbocycles. The van der Waals surface area contributed by atoms with Crippen LogP contribution in [0.3, 0.4) is 0 Å². The lowest BCUT2D eigenvalue weighted by atomic mass is 9.89. The van der Waals surface area contributed by atoms with E-state index in [0.29, 0.717) is 25.4 Å². The summed E-state index contributed by atoms with van der Waals surface area (Å²) in [5.41, 5.74) is 1.07. The molecule has 0 saturated carbocycles. The van der Waals surface area contributed by atoms with Crippen molar-refractivity contribution in [3.8, 4) is 0 Å². The summed E-state index contributed by atoms with van der Waals surface area (Å²) in [7, 11) is 0. The summed E-state index contributed by atoms with van der Waals surface area (Å²) < 4.78 is 6.32. The van der Waals surface area contributed by atoms with Crippen molar-refractivity contribution in [2.24, 2.45) is 11.8 Å². The van der Waals surface area contributed by atoms with Gasteiger partial charge in [0.25, 0.3) is 0 Å². The predicted molar refractivity (Wildman–Crippen MR) is 72.5 cm³/mol. The number of hydrogen-bond acceptors (Lipinski definition) is 2. The van der Waals surface area contributed by atoms with Gasteiger partial charge < -0.3 is 9.84 Å². The van der Waals surface area contributed by atoms with Crippen molar-refractivity contribution in [3.63, 3.8) is 0 Å². The second kappa shape index (κ2) is 6.34. The van der Waals surface area contributed by atoms with Crippen molar-refractivity contribution in [3.05, 3.63) is 34.3 Å². The van der Waals surface area contributed by atoms with E-state index in [1.165, 1.54) is 0 Å². The number of ether oxygens (including phenoxy) is 1. The molecular formula is C14H17BrO3. The van der Waals surface area contributed by atoms with Gasteiger partial charge in [0.05, 0.1) is 5.92 Å². The highest BCUT2D eigenvalue weighted by Crippen LogP contribution is 2.24. The Morgan fingerprint density at radius 2 is 2.17 bits per heavy atom. The molecular weight excluding hydrogens is 296 g/mol. The molecule has 3 nitrogen and oxygen atoms in total. The molecule has 0 aromatic heterocycles. The van der Waals surface area contributed by atoms with Gasteiger partial charge >= 0.3 is 5.97 Å². The number of carboxylic acid groups (broad SMARTS) is 1. The molecule has 2 rings (SSSR count). The van der Waals surface area contributed by atoms with Gasteiger partial charge in [-0.1, -0.05) is 28.1 Å². The van der Waals surface area contributed by atoms with Crippen LogP contribution in [0, 0.1) is 11.8 Å². The van der Waals surface area contributed by atoms with Crippen molar-refractivity contribution in [2.75, 3.05) is 13.2 Å². The molecule has 1 saturated heterocycles. The Morgan fingerprint density at radius 1 is 1.44 bits per heavy atom. The van der Waals surface area contributed by atoms with Gasteiger partial charge in [-0.15, -0.1) is 0 Å². The largest absolute Gasteiger partial charge is 0.481 e. The van der Waals surface area contributed by atoms with Crippen molar-refractivity contribution in [1.82, 2.24) is 0 Å². The molecule has 1 N–H and O–H groups in total. The Hall–Kier alpha value is -0.870. The Labute approximate surface area is 115 Å². The molecule has 0 spiro atoms. The first-order valence-corrected chi connectivity index (χ1v) is 6.99. The number of rotatable bonds is 5. The fourth-order valence-electron chi connectivity index (χ4n) is 2.35. The third kappa shape index (κ3) is 3.82. The van der Waals surface area contributed by atoms with E-state index in [1.807, 2.05) is 24.3 Å². The number of benzene rings is 1. The van der Waals surface area contributed by atoms with E-state index in [0.717, 1.165) is 23.1 Å². The molecule has 2 unspecified atom stereocenters. The van der Waals surface area contributed by atoms with Crippen LogP contribution in [0.1, 0.15) is 18.4 Å². The maximum Gasteiger partial charge on any atom is 0.306 e. The number of aliphatic carboxylic acids is 1. The average molecular weight is 313 g/mol. The average Bonchev–Trinajstić information content (AvgIpc) is 2.84. The third-order valence-corrected chi connectivity index (χ3v) is 3.92. The van der Waals surface area contributed by atoms with Crippen molar-refractivity contribution >= 4 is 21.9 Å². The number of halogens is 1. The van der Waals surface area contributed by atoms with Gasteiger partial charge in [0.2, 0.25) is 0 Å². The lowest BCUT2D eigenvalue weighted by Gasteiger charge is -2.16. The van der Waals surface area contributed by atoms with Gasteiger partial charge in [-0.2, -0.15) is 0 Å². The summed E-state index contributed by atoms with van der Waals surface area (Å²) in [5.74, 6) is -0.607. The van der Waals surface area contributed by atoms with Gasteiger partial charge in [-0.3, -0.25) is 4.79 Å². The lowest BCUT2D eigenvalue weighted by molar-refractivity contribution is -0.142. The molecule has 0 bridgehead atoms. The van der Waals surface area contributed by atoms with Gasteiger partial charge in [-0.05, 0) is 42.9 Å². The van der Waals surface area contributed by atoms with Crippen LogP contribution in [0.5, 0.6) is 0 Å². The quantitative estimate of drug-likeness (QED) is 0.908. The Kier molecular flexibility index (Phi) is 4.78. The smallest absolute Gasteiger partial charge is 0.306 e. The van der Waals surface area contributed by atoms with Crippen LogP contribution in [0.15, 0.2) is 28.7 Å².